The van der Waals surface area contributed by atoms with Crippen molar-refractivity contribution in [3.63, 3.8) is 0 Å². The summed E-state index contributed by atoms with van der Waals surface area (Å²) in [5.41, 5.74) is 7.55. The molecule has 1 aliphatic carbocycles. The first-order valence-electron chi connectivity index (χ1n) is 10.2. The number of ether oxygens (including phenoxy) is 2. The molecule has 0 aliphatic heterocycles. The van der Waals surface area contributed by atoms with Gasteiger partial charge in [-0.15, -0.1) is 11.3 Å². The molecule has 1 aromatic carbocycles. The number of nitrogens with one attached hydrogen (secondary N) is 1. The van der Waals surface area contributed by atoms with E-state index in [1.165, 1.54) is 49.2 Å². The minimum absolute atomic E-state index is 0.0662. The van der Waals surface area contributed by atoms with Crippen molar-refractivity contribution in [2.75, 3.05) is 19.9 Å². The minimum Gasteiger partial charge on any atom is -0.495 e. The molecule has 0 unspecified atom stereocenters. The van der Waals surface area contributed by atoms with E-state index >= 15 is 0 Å². The summed E-state index contributed by atoms with van der Waals surface area (Å²) in [5, 5.41) is 0.916. The van der Waals surface area contributed by atoms with Crippen molar-refractivity contribution in [1.82, 2.24) is 14.7 Å². The molecule has 0 fully saturated rings. The van der Waals surface area contributed by atoms with Crippen LogP contribution in [0.4, 0.5) is 5.82 Å². The number of anilines is 1. The second-order valence-corrected chi connectivity index (χ2v) is 10.4. The Hall–Kier alpha value is -2.76. The van der Waals surface area contributed by atoms with Gasteiger partial charge in [0.15, 0.2) is 12.4 Å². The van der Waals surface area contributed by atoms with Crippen LogP contribution in [-0.4, -0.2) is 38.5 Å². The number of methoxy groups -OCH3 is 1. The Balaban J connectivity index is 1.56. The van der Waals surface area contributed by atoms with Crippen LogP contribution in [0, 0.1) is 0 Å². The number of carbonyl (C=O) groups excluding carboxylic acids is 1. The molecule has 0 saturated heterocycles. The number of carbonyl (C=O) groups is 1. The monoisotopic (exact) mass is 476 g/mol. The Bertz CT molecular complexity index is 1290. The zero-order valence-corrected chi connectivity index (χ0v) is 19.4. The van der Waals surface area contributed by atoms with E-state index in [0.29, 0.717) is 11.6 Å². The molecule has 170 valence electrons. The Morgan fingerprint density at radius 1 is 1.22 bits per heavy atom. The SMILES string of the molecule is CNS(=O)(=O)c1cc(C(=O)OCc2nc(N)c3c4c(sc3n2)CCCCC4)ccc1OC. The summed E-state index contributed by atoms with van der Waals surface area (Å²) in [6.45, 7) is -0.179. The lowest BCUT2D eigenvalue weighted by Gasteiger charge is -2.11. The van der Waals surface area contributed by atoms with Crippen LogP contribution < -0.4 is 15.2 Å². The number of aryl methyl sites for hydroxylation is 2. The Labute approximate surface area is 190 Å². The van der Waals surface area contributed by atoms with Gasteiger partial charge in [0.25, 0.3) is 0 Å². The molecular weight excluding hydrogens is 452 g/mol. The number of hydrogen-bond acceptors (Lipinski definition) is 9. The number of nitrogens with zero attached hydrogens (tertiary/aromatic N) is 2. The quantitative estimate of drug-likeness (QED) is 0.410. The van der Waals surface area contributed by atoms with Gasteiger partial charge in [0.1, 0.15) is 21.3 Å². The smallest absolute Gasteiger partial charge is 0.338 e. The highest BCUT2D eigenvalue weighted by Gasteiger charge is 2.22. The van der Waals surface area contributed by atoms with Gasteiger partial charge in [0, 0.05) is 4.88 Å². The van der Waals surface area contributed by atoms with E-state index in [0.717, 1.165) is 35.9 Å². The van der Waals surface area contributed by atoms with Gasteiger partial charge in [-0.25, -0.2) is 27.9 Å². The van der Waals surface area contributed by atoms with Crippen LogP contribution >= 0.6 is 11.3 Å². The molecule has 9 nitrogen and oxygen atoms in total. The van der Waals surface area contributed by atoms with Crippen LogP contribution in [0.15, 0.2) is 23.1 Å². The Kier molecular flexibility index (Phi) is 6.31. The maximum absolute atomic E-state index is 12.6. The van der Waals surface area contributed by atoms with Crippen molar-refractivity contribution in [2.45, 2.75) is 43.6 Å². The zero-order chi connectivity index (χ0) is 22.9. The number of nitrogens with two attached hydrogens (primary N) is 1. The van der Waals surface area contributed by atoms with Crippen molar-refractivity contribution in [3.05, 3.63) is 40.0 Å². The molecule has 0 saturated carbocycles. The minimum atomic E-state index is -3.82. The van der Waals surface area contributed by atoms with Crippen LogP contribution in [0.2, 0.25) is 0 Å². The average molecular weight is 477 g/mol. The summed E-state index contributed by atoms with van der Waals surface area (Å²) in [6, 6.07) is 4.05. The highest BCUT2D eigenvalue weighted by atomic mass is 32.2. The van der Waals surface area contributed by atoms with Crippen molar-refractivity contribution < 1.29 is 22.7 Å². The van der Waals surface area contributed by atoms with E-state index in [2.05, 4.69) is 14.7 Å². The predicted molar refractivity (Wildman–Crippen MR) is 121 cm³/mol. The molecule has 0 atom stereocenters. The molecule has 0 spiro atoms. The molecule has 3 N–H and O–H groups in total. The average Bonchev–Trinajstić information content (AvgIpc) is 2.98. The number of benzene rings is 1. The number of aromatic nitrogens is 2. The first-order valence-corrected chi connectivity index (χ1v) is 12.5. The molecule has 1 aliphatic rings. The Morgan fingerprint density at radius 3 is 2.75 bits per heavy atom. The molecule has 4 rings (SSSR count). The fourth-order valence-electron chi connectivity index (χ4n) is 3.81. The number of sulfonamides is 1. The number of fused-ring (bicyclic) bond motifs is 3. The Morgan fingerprint density at radius 2 is 2.00 bits per heavy atom. The first-order chi connectivity index (χ1) is 15.3. The zero-order valence-electron chi connectivity index (χ0n) is 17.8. The van der Waals surface area contributed by atoms with Crippen LogP contribution in [0.3, 0.4) is 0 Å². The molecule has 3 aromatic rings. The van der Waals surface area contributed by atoms with Crippen LogP contribution in [0.1, 0.15) is 45.9 Å². The van der Waals surface area contributed by atoms with E-state index in [4.69, 9.17) is 15.2 Å². The lowest BCUT2D eigenvalue weighted by molar-refractivity contribution is 0.0462. The van der Waals surface area contributed by atoms with Crippen molar-refractivity contribution in [3.8, 4) is 5.75 Å². The van der Waals surface area contributed by atoms with Gasteiger partial charge in [-0.05, 0) is 56.5 Å². The van der Waals surface area contributed by atoms with Gasteiger partial charge in [-0.3, -0.25) is 0 Å². The third-order valence-corrected chi connectivity index (χ3v) is 8.05. The summed E-state index contributed by atoms with van der Waals surface area (Å²) < 4.78 is 37.1. The van der Waals surface area contributed by atoms with Gasteiger partial charge in [-0.2, -0.15) is 0 Å². The van der Waals surface area contributed by atoms with Gasteiger partial charge in [0.05, 0.1) is 18.1 Å². The van der Waals surface area contributed by atoms with E-state index < -0.39 is 16.0 Å². The molecule has 2 aromatic heterocycles. The topological polar surface area (TPSA) is 134 Å². The lowest BCUT2D eigenvalue weighted by atomic mass is 10.1. The van der Waals surface area contributed by atoms with Gasteiger partial charge >= 0.3 is 5.97 Å². The maximum Gasteiger partial charge on any atom is 0.338 e. The van der Waals surface area contributed by atoms with Crippen LogP contribution in [0.5, 0.6) is 5.75 Å². The second-order valence-electron chi connectivity index (χ2n) is 7.42. The molecule has 11 heteroatoms. The van der Waals surface area contributed by atoms with Gasteiger partial charge in [-0.1, -0.05) is 6.42 Å². The normalized spacial score (nSPS) is 14.1. The molecular formula is C21H24N4O5S2. The number of rotatable bonds is 6. The summed E-state index contributed by atoms with van der Waals surface area (Å²) in [5.74, 6) is 0.114. The van der Waals surface area contributed by atoms with Crippen molar-refractivity contribution >= 4 is 43.4 Å². The number of nitrogen functional groups attached to an aromatic ring is 1. The van der Waals surface area contributed by atoms with Crippen molar-refractivity contribution in [2.24, 2.45) is 0 Å². The maximum atomic E-state index is 12.6. The molecule has 0 amide bonds. The summed E-state index contributed by atoms with van der Waals surface area (Å²) in [7, 11) is -1.19. The lowest BCUT2D eigenvalue weighted by Crippen LogP contribution is -2.20. The molecule has 32 heavy (non-hydrogen) atoms. The van der Waals surface area contributed by atoms with Gasteiger partial charge in [0.2, 0.25) is 10.0 Å². The standard InChI is InChI=1S/C21H24N4O5S2/c1-23-32(27,28)16-10-12(8-9-14(16)29-2)21(26)30-11-17-24-19(22)18-13-6-4-3-5-7-15(13)31-20(18)25-17/h8-10,23H,3-7,11H2,1-2H3,(H2,22,24,25). The highest BCUT2D eigenvalue weighted by molar-refractivity contribution is 7.89. The van der Waals surface area contributed by atoms with Crippen molar-refractivity contribution in [1.29, 1.82) is 0 Å². The molecule has 0 bridgehead atoms. The summed E-state index contributed by atoms with van der Waals surface area (Å²) in [6.07, 6.45) is 5.50. The predicted octanol–water partition coefficient (Wildman–Crippen LogP) is 2.82. The van der Waals surface area contributed by atoms with E-state index in [1.807, 2.05) is 0 Å². The largest absolute Gasteiger partial charge is 0.495 e. The molecule has 2 heterocycles. The number of hydrogen-bond donors (Lipinski definition) is 2. The summed E-state index contributed by atoms with van der Waals surface area (Å²) >= 11 is 1.62. The second kappa shape index (κ2) is 9.00. The van der Waals surface area contributed by atoms with Gasteiger partial charge < -0.3 is 15.2 Å². The van der Waals surface area contributed by atoms with E-state index in [1.54, 1.807) is 11.3 Å². The highest BCUT2D eigenvalue weighted by Crippen LogP contribution is 2.37. The van der Waals surface area contributed by atoms with Crippen LogP contribution in [-0.2, 0) is 34.2 Å². The number of esters is 1. The molecule has 0 radical (unpaired) electrons. The number of thiophene rings is 1. The third kappa shape index (κ3) is 4.27. The summed E-state index contributed by atoms with van der Waals surface area (Å²) in [4.78, 5) is 23.4. The van der Waals surface area contributed by atoms with E-state index in [9.17, 15) is 13.2 Å². The fourth-order valence-corrected chi connectivity index (χ4v) is 6.02. The van der Waals surface area contributed by atoms with E-state index in [-0.39, 0.29) is 22.8 Å². The first kappa shape index (κ1) is 22.4. The fraction of sp³-hybridized carbons (Fsp3) is 0.381. The van der Waals surface area contributed by atoms with Crippen LogP contribution in [0.25, 0.3) is 10.2 Å². The third-order valence-electron chi connectivity index (χ3n) is 5.43.